The van der Waals surface area contributed by atoms with Crippen LogP contribution in [0.5, 0.6) is 5.75 Å². The van der Waals surface area contributed by atoms with Crippen LogP contribution in [0.15, 0.2) is 18.3 Å². The van der Waals surface area contributed by atoms with Crippen LogP contribution in [0.3, 0.4) is 0 Å². The van der Waals surface area contributed by atoms with Crippen LogP contribution in [-0.4, -0.2) is 16.2 Å². The Morgan fingerprint density at radius 3 is 3.00 bits per heavy atom. The first kappa shape index (κ1) is 9.86. The molecule has 78 valence electrons. The van der Waals surface area contributed by atoms with Gasteiger partial charge < -0.3 is 14.8 Å². The van der Waals surface area contributed by atoms with E-state index in [0.29, 0.717) is 5.02 Å². The summed E-state index contributed by atoms with van der Waals surface area (Å²) in [4.78, 5) is 13.4. The molecule has 0 radical (unpaired) electrons. The van der Waals surface area contributed by atoms with Crippen molar-refractivity contribution in [1.82, 2.24) is 4.98 Å². The zero-order chi connectivity index (χ0) is 11.0. The number of hydrogen-bond donors (Lipinski definition) is 2. The normalized spacial score (nSPS) is 10.5. The summed E-state index contributed by atoms with van der Waals surface area (Å²) in [6.45, 7) is 1.78. The molecule has 0 saturated carbocycles. The van der Waals surface area contributed by atoms with Gasteiger partial charge in [-0.05, 0) is 13.0 Å². The number of halogens is 1. The van der Waals surface area contributed by atoms with E-state index in [-0.39, 0.29) is 5.75 Å². The molecule has 2 N–H and O–H groups in total. The molecule has 0 spiro atoms. The van der Waals surface area contributed by atoms with Crippen molar-refractivity contribution in [3.63, 3.8) is 0 Å². The van der Waals surface area contributed by atoms with Gasteiger partial charge in [0, 0.05) is 23.2 Å². The molecule has 0 saturated heterocycles. The Bertz CT molecular complexity index is 533. The molecule has 0 atom stereocenters. The smallest absolute Gasteiger partial charge is 0.449 e. The van der Waals surface area contributed by atoms with Crippen molar-refractivity contribution in [3.05, 3.63) is 28.9 Å². The molecular weight excluding hydrogens is 218 g/mol. The third kappa shape index (κ3) is 1.64. The van der Waals surface area contributed by atoms with Gasteiger partial charge in [-0.1, -0.05) is 11.6 Å². The van der Waals surface area contributed by atoms with E-state index in [9.17, 15) is 4.79 Å². The molecule has 1 aromatic heterocycles. The number of ether oxygens (including phenoxy) is 1. The van der Waals surface area contributed by atoms with Crippen molar-refractivity contribution in [1.29, 1.82) is 0 Å². The van der Waals surface area contributed by atoms with Gasteiger partial charge in [-0.25, -0.2) is 4.79 Å². The molecule has 15 heavy (non-hydrogen) atoms. The zero-order valence-corrected chi connectivity index (χ0v) is 8.63. The van der Waals surface area contributed by atoms with Crippen LogP contribution in [0, 0.1) is 6.92 Å². The molecule has 0 aliphatic carbocycles. The lowest BCUT2D eigenvalue weighted by molar-refractivity contribution is 0.144. The minimum absolute atomic E-state index is 0.264. The highest BCUT2D eigenvalue weighted by atomic mass is 35.5. The van der Waals surface area contributed by atoms with E-state index in [0.717, 1.165) is 16.5 Å². The molecule has 0 bridgehead atoms. The molecule has 2 rings (SSSR count). The first-order valence-electron chi connectivity index (χ1n) is 4.26. The maximum atomic E-state index is 10.4. The number of fused-ring (bicyclic) bond motifs is 1. The molecule has 0 aliphatic heterocycles. The summed E-state index contributed by atoms with van der Waals surface area (Å²) >= 11 is 5.95. The van der Waals surface area contributed by atoms with Crippen molar-refractivity contribution in [2.24, 2.45) is 0 Å². The van der Waals surface area contributed by atoms with E-state index >= 15 is 0 Å². The lowest BCUT2D eigenvalue weighted by Crippen LogP contribution is -2.04. The minimum Gasteiger partial charge on any atom is -0.449 e. The Kier molecular flexibility index (Phi) is 2.28. The minimum atomic E-state index is -1.34. The van der Waals surface area contributed by atoms with Crippen LogP contribution in [-0.2, 0) is 0 Å². The number of carbonyl (C=O) groups is 1. The van der Waals surface area contributed by atoms with E-state index < -0.39 is 6.16 Å². The van der Waals surface area contributed by atoms with Crippen LogP contribution < -0.4 is 4.74 Å². The van der Waals surface area contributed by atoms with E-state index in [1.807, 2.05) is 6.07 Å². The Hall–Kier alpha value is -1.68. The number of aromatic nitrogens is 1. The SMILES string of the molecule is Cc1c(OC(=O)O)cc(Cl)c2[nH]ccc12. The van der Waals surface area contributed by atoms with Crippen LogP contribution in [0.25, 0.3) is 10.9 Å². The fourth-order valence-electron chi connectivity index (χ4n) is 1.51. The molecule has 5 heteroatoms. The maximum absolute atomic E-state index is 10.4. The van der Waals surface area contributed by atoms with E-state index in [2.05, 4.69) is 9.72 Å². The third-order valence-corrected chi connectivity index (χ3v) is 2.51. The number of nitrogens with one attached hydrogen (secondary N) is 1. The second-order valence-corrected chi connectivity index (χ2v) is 3.52. The zero-order valence-electron chi connectivity index (χ0n) is 7.87. The van der Waals surface area contributed by atoms with Crippen LogP contribution >= 0.6 is 11.6 Å². The van der Waals surface area contributed by atoms with Gasteiger partial charge in [0.25, 0.3) is 0 Å². The van der Waals surface area contributed by atoms with Gasteiger partial charge in [0.15, 0.2) is 0 Å². The number of aryl methyl sites for hydroxylation is 1. The predicted octanol–water partition coefficient (Wildman–Crippen LogP) is 3.19. The van der Waals surface area contributed by atoms with Crippen LogP contribution in [0.4, 0.5) is 4.79 Å². The van der Waals surface area contributed by atoms with Crippen molar-refractivity contribution in [2.75, 3.05) is 0 Å². The van der Waals surface area contributed by atoms with E-state index in [1.54, 1.807) is 13.1 Å². The summed E-state index contributed by atoms with van der Waals surface area (Å²) in [6.07, 6.45) is 0.401. The van der Waals surface area contributed by atoms with Gasteiger partial charge >= 0.3 is 6.16 Å². The molecule has 2 aromatic rings. The molecule has 0 aliphatic rings. The summed E-state index contributed by atoms with van der Waals surface area (Å²) in [5.41, 5.74) is 1.53. The average molecular weight is 226 g/mol. The first-order chi connectivity index (χ1) is 7.09. The predicted molar refractivity (Wildman–Crippen MR) is 56.7 cm³/mol. The molecule has 0 fully saturated rings. The second-order valence-electron chi connectivity index (χ2n) is 3.12. The quantitative estimate of drug-likeness (QED) is 0.579. The lowest BCUT2D eigenvalue weighted by Gasteiger charge is -2.06. The van der Waals surface area contributed by atoms with E-state index in [1.165, 1.54) is 6.07 Å². The van der Waals surface area contributed by atoms with E-state index in [4.69, 9.17) is 16.7 Å². The summed E-state index contributed by atoms with van der Waals surface area (Å²) in [7, 11) is 0. The van der Waals surface area contributed by atoms with Gasteiger partial charge in [-0.2, -0.15) is 0 Å². The molecular formula is C10H8ClNO3. The van der Waals surface area contributed by atoms with Gasteiger partial charge in [0.1, 0.15) is 5.75 Å². The molecule has 0 amide bonds. The molecule has 4 nitrogen and oxygen atoms in total. The third-order valence-electron chi connectivity index (χ3n) is 2.21. The molecule has 1 aromatic carbocycles. The number of H-pyrrole nitrogens is 1. The van der Waals surface area contributed by atoms with Gasteiger partial charge in [0.05, 0.1) is 10.5 Å². The lowest BCUT2D eigenvalue weighted by atomic mass is 10.1. The summed E-state index contributed by atoms with van der Waals surface area (Å²) in [5.74, 6) is 0.264. The average Bonchev–Trinajstić information content (AvgIpc) is 2.61. The Morgan fingerprint density at radius 1 is 1.60 bits per heavy atom. The fraction of sp³-hybridized carbons (Fsp3) is 0.100. The highest BCUT2D eigenvalue weighted by molar-refractivity contribution is 6.35. The summed E-state index contributed by atoms with van der Waals surface area (Å²) < 4.78 is 4.62. The number of rotatable bonds is 1. The van der Waals surface area contributed by atoms with Crippen LogP contribution in [0.2, 0.25) is 5.02 Å². The van der Waals surface area contributed by atoms with Crippen molar-refractivity contribution in [2.45, 2.75) is 6.92 Å². The largest absolute Gasteiger partial charge is 0.511 e. The summed E-state index contributed by atoms with van der Waals surface area (Å²) in [6, 6.07) is 3.31. The highest BCUT2D eigenvalue weighted by Gasteiger charge is 2.12. The Balaban J connectivity index is 2.65. The van der Waals surface area contributed by atoms with Gasteiger partial charge in [-0.15, -0.1) is 0 Å². The Morgan fingerprint density at radius 2 is 2.33 bits per heavy atom. The second kappa shape index (κ2) is 3.47. The Labute approximate surface area is 90.4 Å². The van der Waals surface area contributed by atoms with Crippen LogP contribution in [0.1, 0.15) is 5.56 Å². The molecule has 1 heterocycles. The van der Waals surface area contributed by atoms with Gasteiger partial charge in [0.2, 0.25) is 0 Å². The topological polar surface area (TPSA) is 62.3 Å². The monoisotopic (exact) mass is 225 g/mol. The van der Waals surface area contributed by atoms with Crippen molar-refractivity contribution in [3.8, 4) is 5.75 Å². The number of carboxylic acid groups (broad SMARTS) is 1. The fourth-order valence-corrected chi connectivity index (χ4v) is 1.76. The number of benzene rings is 1. The molecule has 0 unspecified atom stereocenters. The standard InChI is InChI=1S/C10H8ClNO3/c1-5-6-2-3-12-9(6)7(11)4-8(5)15-10(13)14/h2-4,12H,1H3,(H,13,14). The van der Waals surface area contributed by atoms with Crippen molar-refractivity contribution >= 4 is 28.7 Å². The van der Waals surface area contributed by atoms with Gasteiger partial charge in [-0.3, -0.25) is 0 Å². The summed E-state index contributed by atoms with van der Waals surface area (Å²) in [5, 5.41) is 9.83. The number of hydrogen-bond acceptors (Lipinski definition) is 2. The highest BCUT2D eigenvalue weighted by Crippen LogP contribution is 2.32. The van der Waals surface area contributed by atoms with Crippen molar-refractivity contribution < 1.29 is 14.6 Å². The number of aromatic amines is 1. The maximum Gasteiger partial charge on any atom is 0.511 e. The first-order valence-corrected chi connectivity index (χ1v) is 4.64.